The smallest absolute Gasteiger partial charge is 0.393 e. The van der Waals surface area contributed by atoms with Crippen LogP contribution in [0.4, 0.5) is 28.9 Å². The number of alkyl halides is 3. The van der Waals surface area contributed by atoms with E-state index in [0.29, 0.717) is 36.9 Å². The average Bonchev–Trinajstić information content (AvgIpc) is 3.74. The maximum absolute atomic E-state index is 15.1. The van der Waals surface area contributed by atoms with Gasteiger partial charge in [-0.3, -0.25) is 14.5 Å². The van der Waals surface area contributed by atoms with Crippen LogP contribution in [0.5, 0.6) is 5.88 Å². The number of nitrogens with zero attached hydrogens (tertiary/aromatic N) is 3. The summed E-state index contributed by atoms with van der Waals surface area (Å²) in [6.07, 6.45) is -3.36. The largest absolute Gasteiger partial charge is 0.477 e. The Hall–Kier alpha value is -3.41. The number of carbonyl (C=O) groups excluding carboxylic acids is 2. The van der Waals surface area contributed by atoms with Gasteiger partial charge in [-0.05, 0) is 63.4 Å². The highest BCUT2D eigenvalue weighted by Crippen LogP contribution is 2.39. The number of piperidine rings is 1. The third-order valence-electron chi connectivity index (χ3n) is 8.42. The summed E-state index contributed by atoms with van der Waals surface area (Å²) >= 11 is 0. The number of nitrogens with one attached hydrogen (secondary N) is 2. The molecular weight excluding hydrogens is 542 g/mol. The summed E-state index contributed by atoms with van der Waals surface area (Å²) < 4.78 is 62.1. The SMILES string of the molecule is C[C@@H]1CN(c2ccc(-c3ccc(OCC4CC4)nc3F)cc2NC(=O)C2CNC(=O)CC2C(F)(F)F)C[C@H](C)N1C. The second kappa shape index (κ2) is 11.5. The first kappa shape index (κ1) is 29.1. The molecule has 1 aromatic heterocycles. The van der Waals surface area contributed by atoms with E-state index in [1.807, 2.05) is 7.05 Å². The van der Waals surface area contributed by atoms with Gasteiger partial charge in [-0.25, -0.2) is 0 Å². The van der Waals surface area contributed by atoms with Crippen molar-refractivity contribution in [3.63, 3.8) is 0 Å². The molecule has 0 radical (unpaired) electrons. The second-order valence-corrected chi connectivity index (χ2v) is 11.5. The summed E-state index contributed by atoms with van der Waals surface area (Å²) in [5.74, 6) is -5.30. The molecule has 2 unspecified atom stereocenters. The van der Waals surface area contributed by atoms with Crippen molar-refractivity contribution in [2.75, 3.05) is 43.5 Å². The zero-order valence-corrected chi connectivity index (χ0v) is 23.3. The molecule has 3 aliphatic rings. The Bertz CT molecular complexity index is 1290. The standard InChI is InChI=1S/C29H35F4N5O3/c1-16-13-38(14-17(2)37(16)3)24-8-6-19(20-7-9-26(36-27(20)30)41-15-18-4-5-18)10-23(24)35-28(40)21-12-34-25(39)11-22(21)29(31,32)33/h6-10,16-18,21-22H,4-5,11-15H2,1-3H3,(H,34,39)(H,35,40)/t16-,17+,21?,22?. The molecular formula is C29H35F4N5O3. The minimum atomic E-state index is -4.72. The third kappa shape index (κ3) is 6.58. The van der Waals surface area contributed by atoms with E-state index in [1.54, 1.807) is 30.3 Å². The summed E-state index contributed by atoms with van der Waals surface area (Å²) in [6.45, 7) is 5.45. The summed E-state index contributed by atoms with van der Waals surface area (Å²) in [7, 11) is 2.03. The summed E-state index contributed by atoms with van der Waals surface area (Å²) in [5.41, 5.74) is 1.46. The van der Waals surface area contributed by atoms with Crippen molar-refractivity contribution in [2.45, 2.75) is 51.4 Å². The van der Waals surface area contributed by atoms with Gasteiger partial charge in [0, 0.05) is 49.8 Å². The Morgan fingerprint density at radius 1 is 1.15 bits per heavy atom. The lowest BCUT2D eigenvalue weighted by atomic mass is 9.84. The van der Waals surface area contributed by atoms with Crippen LogP contribution >= 0.6 is 0 Å². The fraction of sp³-hybridized carbons (Fsp3) is 0.552. The van der Waals surface area contributed by atoms with Gasteiger partial charge in [0.05, 0.1) is 29.8 Å². The van der Waals surface area contributed by atoms with Gasteiger partial charge in [-0.1, -0.05) is 6.07 Å². The zero-order valence-electron chi connectivity index (χ0n) is 23.3. The zero-order chi connectivity index (χ0) is 29.5. The number of ether oxygens (including phenoxy) is 1. The van der Waals surface area contributed by atoms with E-state index in [1.165, 1.54) is 0 Å². The van der Waals surface area contributed by atoms with E-state index in [0.717, 1.165) is 12.8 Å². The monoisotopic (exact) mass is 577 g/mol. The lowest BCUT2D eigenvalue weighted by Gasteiger charge is -2.44. The van der Waals surface area contributed by atoms with E-state index in [9.17, 15) is 22.8 Å². The van der Waals surface area contributed by atoms with Crippen LogP contribution < -0.4 is 20.3 Å². The average molecular weight is 578 g/mol. The minimum absolute atomic E-state index is 0.170. The van der Waals surface area contributed by atoms with Crippen molar-refractivity contribution in [3.8, 4) is 17.0 Å². The number of pyridine rings is 1. The highest BCUT2D eigenvalue weighted by Gasteiger charge is 2.50. The Balaban J connectivity index is 1.46. The van der Waals surface area contributed by atoms with Gasteiger partial charge in [0.1, 0.15) is 0 Å². The van der Waals surface area contributed by atoms with Gasteiger partial charge < -0.3 is 20.3 Å². The van der Waals surface area contributed by atoms with E-state index < -0.39 is 48.7 Å². The molecule has 2 amide bonds. The normalized spacial score (nSPS) is 25.5. The van der Waals surface area contributed by atoms with E-state index in [-0.39, 0.29) is 29.2 Å². The molecule has 2 saturated heterocycles. The van der Waals surface area contributed by atoms with Crippen LogP contribution in [-0.2, 0) is 9.59 Å². The maximum Gasteiger partial charge on any atom is 0.393 e. The van der Waals surface area contributed by atoms with Crippen LogP contribution in [0.15, 0.2) is 30.3 Å². The summed E-state index contributed by atoms with van der Waals surface area (Å²) in [4.78, 5) is 33.3. The summed E-state index contributed by atoms with van der Waals surface area (Å²) in [6, 6.07) is 8.50. The highest BCUT2D eigenvalue weighted by atomic mass is 19.4. The Kier molecular flexibility index (Phi) is 8.13. The Labute approximate surface area is 236 Å². The molecule has 1 saturated carbocycles. The number of benzene rings is 1. The molecule has 8 nitrogen and oxygen atoms in total. The number of carbonyl (C=O) groups is 2. The Morgan fingerprint density at radius 3 is 2.49 bits per heavy atom. The molecule has 41 heavy (non-hydrogen) atoms. The van der Waals surface area contributed by atoms with Crippen molar-refractivity contribution in [1.82, 2.24) is 15.2 Å². The number of piperazine rings is 1. The Morgan fingerprint density at radius 2 is 1.85 bits per heavy atom. The van der Waals surface area contributed by atoms with Gasteiger partial charge in [0.25, 0.3) is 0 Å². The highest BCUT2D eigenvalue weighted by molar-refractivity contribution is 5.98. The van der Waals surface area contributed by atoms with Gasteiger partial charge in [0.2, 0.25) is 23.6 Å². The van der Waals surface area contributed by atoms with Crippen molar-refractivity contribution in [1.29, 1.82) is 0 Å². The number of rotatable bonds is 7. The first-order chi connectivity index (χ1) is 19.4. The van der Waals surface area contributed by atoms with Gasteiger partial charge in [-0.2, -0.15) is 22.5 Å². The van der Waals surface area contributed by atoms with Crippen molar-refractivity contribution in [2.24, 2.45) is 17.8 Å². The lowest BCUT2D eigenvalue weighted by molar-refractivity contribution is -0.197. The molecule has 2 aromatic rings. The molecule has 1 aliphatic carbocycles. The predicted molar refractivity (Wildman–Crippen MR) is 146 cm³/mol. The molecule has 2 N–H and O–H groups in total. The predicted octanol–water partition coefficient (Wildman–Crippen LogP) is 4.46. The molecule has 12 heteroatoms. The van der Waals surface area contributed by atoms with E-state index in [2.05, 4.69) is 39.3 Å². The quantitative estimate of drug-likeness (QED) is 0.374. The van der Waals surface area contributed by atoms with Gasteiger partial charge in [-0.15, -0.1) is 0 Å². The molecule has 1 aromatic carbocycles. The molecule has 222 valence electrons. The van der Waals surface area contributed by atoms with E-state index >= 15 is 4.39 Å². The van der Waals surface area contributed by atoms with Crippen LogP contribution in [0.2, 0.25) is 0 Å². The molecule has 3 fully saturated rings. The van der Waals surface area contributed by atoms with Crippen LogP contribution in [0.25, 0.3) is 11.1 Å². The second-order valence-electron chi connectivity index (χ2n) is 11.5. The number of anilines is 2. The van der Waals surface area contributed by atoms with Crippen LogP contribution in [0.3, 0.4) is 0 Å². The molecule has 0 spiro atoms. The maximum atomic E-state index is 15.1. The van der Waals surface area contributed by atoms with Crippen LogP contribution in [-0.4, -0.2) is 73.2 Å². The number of hydrogen-bond acceptors (Lipinski definition) is 6. The summed E-state index contributed by atoms with van der Waals surface area (Å²) in [5, 5.41) is 5.08. The first-order valence-electron chi connectivity index (χ1n) is 14.0. The number of aromatic nitrogens is 1. The molecule has 5 rings (SSSR count). The third-order valence-corrected chi connectivity index (χ3v) is 8.42. The van der Waals surface area contributed by atoms with E-state index in [4.69, 9.17) is 4.74 Å². The molecule has 2 aliphatic heterocycles. The van der Waals surface area contributed by atoms with Crippen molar-refractivity contribution >= 4 is 23.2 Å². The topological polar surface area (TPSA) is 86.8 Å². The van der Waals surface area contributed by atoms with Crippen molar-refractivity contribution in [3.05, 3.63) is 36.3 Å². The molecule has 3 heterocycles. The van der Waals surface area contributed by atoms with Crippen molar-refractivity contribution < 1.29 is 31.9 Å². The number of likely N-dealkylation sites (N-methyl/N-ethyl adjacent to an activating group) is 1. The minimum Gasteiger partial charge on any atom is -0.477 e. The van der Waals surface area contributed by atoms with Gasteiger partial charge >= 0.3 is 6.18 Å². The molecule has 4 atom stereocenters. The lowest BCUT2D eigenvalue weighted by Crippen LogP contribution is -2.55. The van der Waals surface area contributed by atoms with Crippen LogP contribution in [0.1, 0.15) is 33.1 Å². The number of halogens is 4. The number of amides is 2. The number of hydrogen-bond donors (Lipinski definition) is 2. The fourth-order valence-electron chi connectivity index (χ4n) is 5.51. The van der Waals surface area contributed by atoms with Crippen LogP contribution in [0, 0.1) is 23.7 Å². The first-order valence-corrected chi connectivity index (χ1v) is 14.0. The molecule has 0 bridgehead atoms. The van der Waals surface area contributed by atoms with Gasteiger partial charge in [0.15, 0.2) is 0 Å². The fourth-order valence-corrected chi connectivity index (χ4v) is 5.51.